The van der Waals surface area contributed by atoms with Crippen molar-refractivity contribution in [3.8, 4) is 11.1 Å². The zero-order valence-corrected chi connectivity index (χ0v) is 17.8. The fraction of sp³-hybridized carbons (Fsp3) is 0.136. The molecule has 0 radical (unpaired) electrons. The van der Waals surface area contributed by atoms with Gasteiger partial charge in [-0.3, -0.25) is 9.59 Å². The van der Waals surface area contributed by atoms with Gasteiger partial charge in [0.2, 0.25) is 0 Å². The van der Waals surface area contributed by atoms with Gasteiger partial charge in [-0.05, 0) is 29.8 Å². The van der Waals surface area contributed by atoms with Crippen molar-refractivity contribution in [2.75, 3.05) is 18.9 Å². The summed E-state index contributed by atoms with van der Waals surface area (Å²) in [5.41, 5.74) is 2.41. The van der Waals surface area contributed by atoms with Crippen molar-refractivity contribution < 1.29 is 9.69 Å². The summed E-state index contributed by atoms with van der Waals surface area (Å²) in [5.74, 6) is 0.437. The van der Waals surface area contributed by atoms with Gasteiger partial charge < -0.3 is 15.2 Å². The van der Waals surface area contributed by atoms with E-state index in [4.69, 9.17) is 11.6 Å². The quantitative estimate of drug-likeness (QED) is 0.432. The van der Waals surface area contributed by atoms with E-state index in [9.17, 15) is 9.59 Å². The van der Waals surface area contributed by atoms with E-state index in [2.05, 4.69) is 15.3 Å². The van der Waals surface area contributed by atoms with Crippen LogP contribution in [0.1, 0.15) is 5.82 Å². The van der Waals surface area contributed by atoms with E-state index in [1.54, 1.807) is 24.3 Å². The minimum absolute atomic E-state index is 0.124. The zero-order chi connectivity index (χ0) is 21.1. The monoisotopic (exact) mass is 439 g/mol. The Morgan fingerprint density at radius 3 is 2.63 bits per heavy atom. The summed E-state index contributed by atoms with van der Waals surface area (Å²) in [6, 6.07) is 16.8. The minimum Gasteiger partial charge on any atom is -0.323 e. The molecule has 0 aliphatic rings. The Morgan fingerprint density at radius 1 is 1.17 bits per heavy atom. The molecule has 0 aliphatic heterocycles. The van der Waals surface area contributed by atoms with Gasteiger partial charge in [-0.1, -0.05) is 41.9 Å². The number of halogens is 1. The highest BCUT2D eigenvalue weighted by Crippen LogP contribution is 2.30. The van der Waals surface area contributed by atoms with Crippen molar-refractivity contribution >= 4 is 44.7 Å². The topological polar surface area (TPSA) is 79.3 Å². The van der Waals surface area contributed by atoms with Crippen LogP contribution in [0.15, 0.2) is 64.8 Å². The van der Waals surface area contributed by atoms with E-state index >= 15 is 0 Å². The molecule has 6 nitrogen and oxygen atoms in total. The van der Waals surface area contributed by atoms with Gasteiger partial charge >= 0.3 is 0 Å². The number of fused-ring (bicyclic) bond motifs is 1. The lowest BCUT2D eigenvalue weighted by atomic mass is 10.1. The molecule has 1 unspecified atom stereocenters. The third-order valence-corrected chi connectivity index (χ3v) is 5.76. The van der Waals surface area contributed by atoms with Crippen molar-refractivity contribution in [1.82, 2.24) is 9.97 Å². The Balaban J connectivity index is 1.46. The molecule has 3 N–H and O–H groups in total. The summed E-state index contributed by atoms with van der Waals surface area (Å²) < 4.78 is 0. The van der Waals surface area contributed by atoms with E-state index in [1.165, 1.54) is 11.3 Å². The van der Waals surface area contributed by atoms with Crippen LogP contribution >= 0.6 is 22.9 Å². The highest BCUT2D eigenvalue weighted by molar-refractivity contribution is 7.17. The lowest BCUT2D eigenvalue weighted by molar-refractivity contribution is -0.885. The number of rotatable bonds is 6. The van der Waals surface area contributed by atoms with Crippen LogP contribution in [0.2, 0.25) is 5.02 Å². The van der Waals surface area contributed by atoms with Crippen molar-refractivity contribution in [1.29, 1.82) is 0 Å². The number of H-pyrrole nitrogens is 1. The SMILES string of the molecule is C[NH+](CC(=O)Nc1ccc(Cl)cc1)Cc1nc2scc(-c3ccccc3)c2c(=O)[nH]1. The molecule has 30 heavy (non-hydrogen) atoms. The van der Waals surface area contributed by atoms with Gasteiger partial charge in [-0.15, -0.1) is 11.3 Å². The molecular weight excluding hydrogens is 420 g/mol. The number of quaternary nitrogens is 1. The molecule has 4 rings (SSSR count). The molecule has 0 fully saturated rings. The lowest BCUT2D eigenvalue weighted by Crippen LogP contribution is -3.08. The predicted octanol–water partition coefficient (Wildman–Crippen LogP) is 2.96. The highest BCUT2D eigenvalue weighted by Gasteiger charge is 2.16. The average Bonchev–Trinajstić information content (AvgIpc) is 3.15. The van der Waals surface area contributed by atoms with Gasteiger partial charge in [-0.25, -0.2) is 4.98 Å². The van der Waals surface area contributed by atoms with Crippen molar-refractivity contribution in [2.24, 2.45) is 0 Å². The first-order valence-corrected chi connectivity index (χ1v) is 10.7. The lowest BCUT2D eigenvalue weighted by Gasteiger charge is -2.13. The summed E-state index contributed by atoms with van der Waals surface area (Å²) in [5, 5.41) is 6.02. The largest absolute Gasteiger partial charge is 0.323 e. The van der Waals surface area contributed by atoms with Gasteiger partial charge in [0.15, 0.2) is 12.4 Å². The second-order valence-corrected chi connectivity index (χ2v) is 8.37. The third-order valence-electron chi connectivity index (χ3n) is 4.64. The number of benzene rings is 2. The first-order chi connectivity index (χ1) is 14.5. The number of hydrogen-bond donors (Lipinski definition) is 3. The van der Waals surface area contributed by atoms with Gasteiger partial charge in [0.25, 0.3) is 11.5 Å². The van der Waals surface area contributed by atoms with Crippen LogP contribution in [-0.4, -0.2) is 29.5 Å². The second-order valence-electron chi connectivity index (χ2n) is 7.07. The summed E-state index contributed by atoms with van der Waals surface area (Å²) in [4.78, 5) is 34.1. The fourth-order valence-corrected chi connectivity index (χ4v) is 4.36. The number of carbonyl (C=O) groups is 1. The second kappa shape index (κ2) is 8.79. The first kappa shape index (κ1) is 20.3. The molecular formula is C22H20ClN4O2S+. The van der Waals surface area contributed by atoms with Gasteiger partial charge in [-0.2, -0.15) is 0 Å². The predicted molar refractivity (Wildman–Crippen MR) is 121 cm³/mol. The summed E-state index contributed by atoms with van der Waals surface area (Å²) in [6.45, 7) is 0.669. The van der Waals surface area contributed by atoms with Crippen LogP contribution in [0.5, 0.6) is 0 Å². The number of aromatic nitrogens is 2. The summed E-state index contributed by atoms with van der Waals surface area (Å²) in [7, 11) is 1.88. The molecule has 152 valence electrons. The van der Waals surface area contributed by atoms with E-state index in [0.717, 1.165) is 16.0 Å². The maximum absolute atomic E-state index is 12.7. The molecule has 1 amide bonds. The zero-order valence-electron chi connectivity index (χ0n) is 16.2. The van der Waals surface area contributed by atoms with Crippen LogP contribution in [0.4, 0.5) is 5.69 Å². The number of hydrogen-bond acceptors (Lipinski definition) is 4. The molecule has 8 heteroatoms. The van der Waals surface area contributed by atoms with Crippen molar-refractivity contribution in [3.05, 3.63) is 81.2 Å². The van der Waals surface area contributed by atoms with Crippen molar-refractivity contribution in [2.45, 2.75) is 6.54 Å². The Morgan fingerprint density at radius 2 is 1.90 bits per heavy atom. The molecule has 2 heterocycles. The van der Waals surface area contributed by atoms with Gasteiger partial charge in [0, 0.05) is 21.7 Å². The van der Waals surface area contributed by atoms with Crippen LogP contribution < -0.4 is 15.8 Å². The van der Waals surface area contributed by atoms with E-state index in [0.29, 0.717) is 33.3 Å². The maximum Gasteiger partial charge on any atom is 0.279 e. The number of aromatic amines is 1. The molecule has 0 saturated heterocycles. The highest BCUT2D eigenvalue weighted by atomic mass is 35.5. The maximum atomic E-state index is 12.7. The summed E-state index contributed by atoms with van der Waals surface area (Å²) >= 11 is 7.31. The molecule has 2 aromatic heterocycles. The van der Waals surface area contributed by atoms with E-state index in [1.807, 2.05) is 42.8 Å². The Bertz CT molecular complexity index is 1240. The van der Waals surface area contributed by atoms with E-state index in [-0.39, 0.29) is 18.0 Å². The molecule has 4 aromatic rings. The normalized spacial score (nSPS) is 12.1. The van der Waals surface area contributed by atoms with Crippen LogP contribution in [0, 0.1) is 0 Å². The Hall–Kier alpha value is -3.00. The number of nitrogens with one attached hydrogen (secondary N) is 3. The van der Waals surface area contributed by atoms with Crippen LogP contribution in [0.25, 0.3) is 21.3 Å². The van der Waals surface area contributed by atoms with Crippen LogP contribution in [0.3, 0.4) is 0 Å². The van der Waals surface area contributed by atoms with E-state index < -0.39 is 0 Å². The smallest absolute Gasteiger partial charge is 0.279 e. The number of likely N-dealkylation sites (N-methyl/N-ethyl adjacent to an activating group) is 1. The Labute approximate surface area is 182 Å². The standard InChI is InChI=1S/C22H19ClN4O2S/c1-27(12-19(28)24-16-9-7-15(23)8-10-16)11-18-25-21(29)20-17(13-30-22(20)26-18)14-5-3-2-4-6-14/h2-10,13H,11-12H2,1H3,(H,24,28)(H,25,26,29)/p+1. The average molecular weight is 440 g/mol. The first-order valence-electron chi connectivity index (χ1n) is 9.42. The number of amides is 1. The molecule has 2 aromatic carbocycles. The van der Waals surface area contributed by atoms with Gasteiger partial charge in [0.05, 0.1) is 12.4 Å². The molecule has 0 saturated carbocycles. The minimum atomic E-state index is -0.159. The number of thiophene rings is 1. The van der Waals surface area contributed by atoms with Crippen molar-refractivity contribution in [3.63, 3.8) is 0 Å². The summed E-state index contributed by atoms with van der Waals surface area (Å²) in [6.07, 6.45) is 0. The number of nitrogens with zero attached hydrogens (tertiary/aromatic N) is 1. The molecule has 0 bridgehead atoms. The number of anilines is 1. The fourth-order valence-electron chi connectivity index (χ4n) is 3.27. The third kappa shape index (κ3) is 4.59. The molecule has 1 atom stereocenters. The van der Waals surface area contributed by atoms with Crippen LogP contribution in [-0.2, 0) is 11.3 Å². The Kier molecular flexibility index (Phi) is 5.94. The number of carbonyl (C=O) groups excluding carboxylic acids is 1. The van der Waals surface area contributed by atoms with Gasteiger partial charge in [0.1, 0.15) is 11.4 Å². The molecule has 0 spiro atoms. The molecule has 0 aliphatic carbocycles.